The van der Waals surface area contributed by atoms with Gasteiger partial charge in [-0.2, -0.15) is 0 Å². The minimum atomic E-state index is -0.160. The predicted molar refractivity (Wildman–Crippen MR) is 90.3 cm³/mol. The Bertz CT molecular complexity index is 933. The summed E-state index contributed by atoms with van der Waals surface area (Å²) in [6.45, 7) is 5.37. The lowest BCUT2D eigenvalue weighted by Crippen LogP contribution is -2.18. The van der Waals surface area contributed by atoms with Gasteiger partial charge in [-0.15, -0.1) is 0 Å². The number of carbonyl (C=O) groups is 1. The topological polar surface area (TPSA) is 39.1 Å². The van der Waals surface area contributed by atoms with Crippen molar-refractivity contribution in [2.75, 3.05) is 0 Å². The molecule has 0 aliphatic heterocycles. The summed E-state index contributed by atoms with van der Waals surface area (Å²) in [7, 11) is 0. The lowest BCUT2D eigenvalue weighted by Gasteiger charge is -2.13. The molecule has 2 aromatic carbocycles. The van der Waals surface area contributed by atoms with Crippen LogP contribution in [-0.2, 0) is 0 Å². The van der Waals surface area contributed by atoms with E-state index in [1.807, 2.05) is 12.1 Å². The molecule has 0 saturated heterocycles. The van der Waals surface area contributed by atoms with E-state index in [0.717, 1.165) is 0 Å². The van der Waals surface area contributed by atoms with Crippen LogP contribution in [0.1, 0.15) is 11.7 Å². The second-order valence-corrected chi connectivity index (χ2v) is 5.09. The molecule has 0 amide bonds. The van der Waals surface area contributed by atoms with Crippen molar-refractivity contribution in [3.63, 3.8) is 0 Å². The van der Waals surface area contributed by atoms with Gasteiger partial charge in [0.25, 0.3) is 5.91 Å². The molecule has 3 rings (SSSR count). The first-order chi connectivity index (χ1) is 10.6. The number of fused-ring (bicyclic) bond motifs is 2. The number of hydrogen-bond acceptors (Lipinski definition) is 2. The van der Waals surface area contributed by atoms with E-state index in [1.165, 1.54) is 0 Å². The number of hydrogen-bond donors (Lipinski definition) is 0. The second kappa shape index (κ2) is 5.45. The number of aromatic nitrogens is 1. The molecule has 0 radical (unpaired) electrons. The van der Waals surface area contributed by atoms with E-state index in [9.17, 15) is 9.59 Å². The summed E-state index contributed by atoms with van der Waals surface area (Å²) in [6.07, 6.45) is 3.25. The Morgan fingerprint density at radius 3 is 2.00 bits per heavy atom. The largest absolute Gasteiger partial charge is 0.288 e. The second-order valence-electron chi connectivity index (χ2n) is 5.09. The molecule has 0 unspecified atom stereocenters. The predicted octanol–water partition coefficient (Wildman–Crippen LogP) is 3.93. The van der Waals surface area contributed by atoms with E-state index in [1.54, 1.807) is 60.0 Å². The summed E-state index contributed by atoms with van der Waals surface area (Å²) in [4.78, 5) is 25.4. The van der Waals surface area contributed by atoms with Gasteiger partial charge in [-0.05, 0) is 31.2 Å². The Morgan fingerprint density at radius 2 is 1.50 bits per heavy atom. The van der Waals surface area contributed by atoms with Crippen molar-refractivity contribution < 1.29 is 4.79 Å². The average Bonchev–Trinajstić information content (AvgIpc) is 2.55. The van der Waals surface area contributed by atoms with Gasteiger partial charge in [-0.25, -0.2) is 0 Å². The Hall–Kier alpha value is -2.94. The van der Waals surface area contributed by atoms with Crippen LogP contribution in [0.2, 0.25) is 0 Å². The van der Waals surface area contributed by atoms with Gasteiger partial charge in [0.2, 0.25) is 0 Å². The number of para-hydroxylation sites is 2. The number of rotatable bonds is 2. The number of carbonyl (C=O) groups excluding carboxylic acids is 1. The van der Waals surface area contributed by atoms with Crippen LogP contribution in [0.5, 0.6) is 0 Å². The fourth-order valence-electron chi connectivity index (χ4n) is 2.64. The molecule has 3 aromatic rings. The maximum absolute atomic E-state index is 12.8. The Kier molecular flexibility index (Phi) is 3.47. The van der Waals surface area contributed by atoms with E-state index in [-0.39, 0.29) is 11.3 Å². The summed E-state index contributed by atoms with van der Waals surface area (Å²) in [5.74, 6) is -0.160. The van der Waals surface area contributed by atoms with Crippen molar-refractivity contribution in [2.45, 2.75) is 6.92 Å². The molecule has 0 N–H and O–H groups in total. The minimum Gasteiger partial charge on any atom is -0.288 e. The summed E-state index contributed by atoms with van der Waals surface area (Å²) < 4.78 is 1.60. The number of nitrogens with zero attached hydrogens (tertiary/aromatic N) is 1. The van der Waals surface area contributed by atoms with Crippen LogP contribution < -0.4 is 5.43 Å². The molecule has 1 heterocycles. The van der Waals surface area contributed by atoms with Crippen LogP contribution in [0.4, 0.5) is 0 Å². The molecule has 0 saturated carbocycles. The lowest BCUT2D eigenvalue weighted by atomic mass is 10.1. The van der Waals surface area contributed by atoms with Crippen molar-refractivity contribution in [1.29, 1.82) is 0 Å². The molecule has 0 spiro atoms. The molecule has 0 fully saturated rings. The quantitative estimate of drug-likeness (QED) is 0.407. The Morgan fingerprint density at radius 1 is 1.00 bits per heavy atom. The van der Waals surface area contributed by atoms with Crippen molar-refractivity contribution in [2.24, 2.45) is 0 Å². The highest BCUT2D eigenvalue weighted by Gasteiger charge is 2.15. The van der Waals surface area contributed by atoms with Crippen LogP contribution in [0, 0.1) is 0 Å². The molecular formula is C19H15NO2. The zero-order chi connectivity index (χ0) is 15.7. The fourth-order valence-corrected chi connectivity index (χ4v) is 2.64. The molecule has 0 atom stereocenters. The van der Waals surface area contributed by atoms with Gasteiger partial charge in [0.05, 0.1) is 11.0 Å². The van der Waals surface area contributed by atoms with E-state index in [2.05, 4.69) is 6.58 Å². The molecule has 108 valence electrons. The molecule has 0 aliphatic rings. The van der Waals surface area contributed by atoms with Crippen LogP contribution in [0.25, 0.3) is 21.8 Å². The maximum atomic E-state index is 12.8. The van der Waals surface area contributed by atoms with Crippen molar-refractivity contribution in [1.82, 2.24) is 4.57 Å². The Balaban J connectivity index is 2.52. The minimum absolute atomic E-state index is 0.0550. The smallest absolute Gasteiger partial charge is 0.258 e. The zero-order valence-corrected chi connectivity index (χ0v) is 12.2. The van der Waals surface area contributed by atoms with Gasteiger partial charge in [-0.1, -0.05) is 43.0 Å². The molecule has 0 bridgehead atoms. The van der Waals surface area contributed by atoms with E-state index < -0.39 is 0 Å². The van der Waals surface area contributed by atoms with Gasteiger partial charge in [-0.3, -0.25) is 14.2 Å². The highest BCUT2D eigenvalue weighted by molar-refractivity contribution is 6.08. The summed E-state index contributed by atoms with van der Waals surface area (Å²) in [5.41, 5.74) is 1.75. The molecule has 3 heteroatoms. The third kappa shape index (κ3) is 2.07. The van der Waals surface area contributed by atoms with Crippen LogP contribution in [0.3, 0.4) is 0 Å². The molecule has 1 aromatic heterocycles. The third-order valence-electron chi connectivity index (χ3n) is 3.69. The first-order valence-corrected chi connectivity index (χ1v) is 7.01. The first-order valence-electron chi connectivity index (χ1n) is 7.01. The maximum Gasteiger partial charge on any atom is 0.258 e. The van der Waals surface area contributed by atoms with Crippen LogP contribution in [-0.4, -0.2) is 10.5 Å². The highest BCUT2D eigenvalue weighted by atomic mass is 16.2. The number of allylic oxidation sites excluding steroid dienone is 3. The Labute approximate surface area is 127 Å². The van der Waals surface area contributed by atoms with E-state index >= 15 is 0 Å². The number of benzene rings is 2. The van der Waals surface area contributed by atoms with Crippen LogP contribution >= 0.6 is 0 Å². The zero-order valence-electron chi connectivity index (χ0n) is 12.2. The van der Waals surface area contributed by atoms with Gasteiger partial charge in [0.15, 0.2) is 5.43 Å². The van der Waals surface area contributed by atoms with Gasteiger partial charge in [0, 0.05) is 16.3 Å². The molecular weight excluding hydrogens is 274 g/mol. The van der Waals surface area contributed by atoms with Gasteiger partial charge in [0.1, 0.15) is 0 Å². The lowest BCUT2D eigenvalue weighted by molar-refractivity contribution is 0.0964. The van der Waals surface area contributed by atoms with Gasteiger partial charge < -0.3 is 0 Å². The summed E-state index contributed by atoms with van der Waals surface area (Å²) in [6, 6.07) is 14.4. The molecule has 3 nitrogen and oxygen atoms in total. The highest BCUT2D eigenvalue weighted by Crippen LogP contribution is 2.20. The van der Waals surface area contributed by atoms with Gasteiger partial charge >= 0.3 is 0 Å². The normalized spacial score (nSPS) is 11.8. The van der Waals surface area contributed by atoms with Crippen molar-refractivity contribution in [3.05, 3.63) is 83.1 Å². The van der Waals surface area contributed by atoms with Crippen molar-refractivity contribution >= 4 is 27.7 Å². The summed E-state index contributed by atoms with van der Waals surface area (Å²) >= 11 is 0. The summed E-state index contributed by atoms with van der Waals surface area (Å²) in [5, 5.41) is 1.09. The third-order valence-corrected chi connectivity index (χ3v) is 3.69. The van der Waals surface area contributed by atoms with E-state index in [0.29, 0.717) is 27.4 Å². The fraction of sp³-hybridized carbons (Fsp3) is 0.0526. The first kappa shape index (κ1) is 14.0. The monoisotopic (exact) mass is 289 g/mol. The van der Waals surface area contributed by atoms with E-state index in [4.69, 9.17) is 0 Å². The van der Waals surface area contributed by atoms with Crippen molar-refractivity contribution in [3.8, 4) is 0 Å². The molecule has 0 aliphatic carbocycles. The molecule has 22 heavy (non-hydrogen) atoms. The SMILES string of the molecule is C=C/C=C(\C)C(=O)n1c2ccccc2c(=O)c2ccccc21. The van der Waals surface area contributed by atoms with Crippen LogP contribution in [0.15, 0.2) is 77.6 Å². The average molecular weight is 289 g/mol. The number of pyridine rings is 1. The standard InChI is InChI=1S/C19H15NO2/c1-3-8-13(2)19(22)20-16-11-6-4-9-14(16)18(21)15-10-5-7-12-17(15)20/h3-12H,1H2,2H3/b13-8+.